The van der Waals surface area contributed by atoms with E-state index in [1.54, 1.807) is 0 Å². The fourth-order valence-corrected chi connectivity index (χ4v) is 1.99. The highest BCUT2D eigenvalue weighted by molar-refractivity contribution is 7.99. The third kappa shape index (κ3) is 5.42. The fraction of sp³-hybridized carbons (Fsp3) is 0.538. The Morgan fingerprint density at radius 2 is 2.25 bits per heavy atom. The van der Waals surface area contributed by atoms with Gasteiger partial charge in [0, 0.05) is 11.8 Å². The molecule has 16 heavy (non-hydrogen) atoms. The largest absolute Gasteiger partial charge is 0.493 e. The molecule has 0 fully saturated rings. The first-order valence-electron chi connectivity index (χ1n) is 5.77. The minimum atomic E-state index is 0.200. The lowest BCUT2D eigenvalue weighted by Gasteiger charge is -2.09. The van der Waals surface area contributed by atoms with Crippen LogP contribution >= 0.6 is 11.8 Å². The molecule has 1 unspecified atom stereocenters. The average molecular weight is 239 g/mol. The summed E-state index contributed by atoms with van der Waals surface area (Å²) in [4.78, 5) is 0. The molecular formula is C13H21NOS. The molecule has 90 valence electrons. The first-order chi connectivity index (χ1) is 7.72. The van der Waals surface area contributed by atoms with Crippen LogP contribution in [0.4, 0.5) is 0 Å². The van der Waals surface area contributed by atoms with E-state index in [0.717, 1.165) is 30.3 Å². The third-order valence-electron chi connectivity index (χ3n) is 2.16. The van der Waals surface area contributed by atoms with E-state index in [0.29, 0.717) is 0 Å². The van der Waals surface area contributed by atoms with Crippen molar-refractivity contribution in [2.45, 2.75) is 26.3 Å². The molecule has 0 aromatic heterocycles. The maximum atomic E-state index is 5.77. The first kappa shape index (κ1) is 13.4. The zero-order valence-corrected chi connectivity index (χ0v) is 10.9. The van der Waals surface area contributed by atoms with Gasteiger partial charge in [0.25, 0.3) is 0 Å². The van der Waals surface area contributed by atoms with Gasteiger partial charge in [0.1, 0.15) is 5.75 Å². The fourth-order valence-electron chi connectivity index (χ4n) is 1.50. The van der Waals surface area contributed by atoms with Crippen molar-refractivity contribution in [3.8, 4) is 5.75 Å². The van der Waals surface area contributed by atoms with Gasteiger partial charge in [-0.1, -0.05) is 19.1 Å². The van der Waals surface area contributed by atoms with Crippen LogP contribution in [0.1, 0.15) is 19.4 Å². The Morgan fingerprint density at radius 1 is 1.44 bits per heavy atom. The molecule has 1 aromatic carbocycles. The Labute approximate surface area is 103 Å². The van der Waals surface area contributed by atoms with Gasteiger partial charge in [-0.25, -0.2) is 0 Å². The van der Waals surface area contributed by atoms with E-state index in [2.05, 4.69) is 19.1 Å². The number of hydrogen-bond donors (Lipinski definition) is 1. The van der Waals surface area contributed by atoms with Gasteiger partial charge in [-0.05, 0) is 36.8 Å². The minimum absolute atomic E-state index is 0.200. The molecule has 1 rings (SSSR count). The van der Waals surface area contributed by atoms with Crippen molar-refractivity contribution in [1.29, 1.82) is 0 Å². The Kier molecular flexibility index (Phi) is 6.34. The SMILES string of the molecule is CCSCCOc1cccc(CC(C)N)c1. The number of hydrogen-bond acceptors (Lipinski definition) is 3. The molecule has 3 heteroatoms. The van der Waals surface area contributed by atoms with Crippen LogP contribution < -0.4 is 10.5 Å². The van der Waals surface area contributed by atoms with E-state index in [-0.39, 0.29) is 6.04 Å². The van der Waals surface area contributed by atoms with E-state index in [9.17, 15) is 0 Å². The molecular weight excluding hydrogens is 218 g/mol. The van der Waals surface area contributed by atoms with Gasteiger partial charge in [0.05, 0.1) is 6.61 Å². The topological polar surface area (TPSA) is 35.2 Å². The molecule has 0 heterocycles. The monoisotopic (exact) mass is 239 g/mol. The van der Waals surface area contributed by atoms with Crippen molar-refractivity contribution in [1.82, 2.24) is 0 Å². The second kappa shape index (κ2) is 7.58. The van der Waals surface area contributed by atoms with Gasteiger partial charge in [-0.2, -0.15) is 11.8 Å². The lowest BCUT2D eigenvalue weighted by Crippen LogP contribution is -2.17. The van der Waals surface area contributed by atoms with Crippen molar-refractivity contribution >= 4 is 11.8 Å². The second-order valence-corrected chi connectivity index (χ2v) is 5.27. The molecule has 0 saturated carbocycles. The van der Waals surface area contributed by atoms with Crippen molar-refractivity contribution < 1.29 is 4.74 Å². The summed E-state index contributed by atoms with van der Waals surface area (Å²) in [5, 5.41) is 0. The van der Waals surface area contributed by atoms with Crippen molar-refractivity contribution in [2.24, 2.45) is 5.73 Å². The van der Waals surface area contributed by atoms with Crippen LogP contribution in [-0.4, -0.2) is 24.2 Å². The van der Waals surface area contributed by atoms with Crippen LogP contribution in [0, 0.1) is 0 Å². The second-order valence-electron chi connectivity index (χ2n) is 3.87. The van der Waals surface area contributed by atoms with E-state index in [1.807, 2.05) is 30.8 Å². The number of benzene rings is 1. The molecule has 0 spiro atoms. The summed E-state index contributed by atoms with van der Waals surface area (Å²) < 4.78 is 5.67. The number of ether oxygens (including phenoxy) is 1. The molecule has 2 nitrogen and oxygen atoms in total. The first-order valence-corrected chi connectivity index (χ1v) is 6.93. The van der Waals surface area contributed by atoms with Gasteiger partial charge in [-0.3, -0.25) is 0 Å². The lowest BCUT2D eigenvalue weighted by molar-refractivity contribution is 0.343. The van der Waals surface area contributed by atoms with E-state index in [4.69, 9.17) is 10.5 Å². The molecule has 0 aliphatic rings. The molecule has 0 aliphatic heterocycles. The Morgan fingerprint density at radius 3 is 2.94 bits per heavy atom. The highest BCUT2D eigenvalue weighted by Crippen LogP contribution is 2.14. The Bertz CT molecular complexity index is 302. The quantitative estimate of drug-likeness (QED) is 0.743. The maximum Gasteiger partial charge on any atom is 0.119 e. The smallest absolute Gasteiger partial charge is 0.119 e. The van der Waals surface area contributed by atoms with Crippen LogP contribution in [0.15, 0.2) is 24.3 Å². The zero-order chi connectivity index (χ0) is 11.8. The molecule has 2 N–H and O–H groups in total. The zero-order valence-electron chi connectivity index (χ0n) is 10.1. The standard InChI is InChI=1S/C13H21NOS/c1-3-16-8-7-15-13-6-4-5-12(10-13)9-11(2)14/h4-6,10-11H,3,7-9,14H2,1-2H3. The summed E-state index contributed by atoms with van der Waals surface area (Å²) >= 11 is 1.90. The number of nitrogens with two attached hydrogens (primary N) is 1. The predicted molar refractivity (Wildman–Crippen MR) is 72.3 cm³/mol. The van der Waals surface area contributed by atoms with Gasteiger partial charge >= 0.3 is 0 Å². The molecule has 0 saturated heterocycles. The van der Waals surface area contributed by atoms with Gasteiger partial charge < -0.3 is 10.5 Å². The molecule has 0 amide bonds. The molecule has 0 radical (unpaired) electrons. The summed E-state index contributed by atoms with van der Waals surface area (Å²) in [6.45, 7) is 4.96. The van der Waals surface area contributed by atoms with Crippen LogP contribution in [0.2, 0.25) is 0 Å². The van der Waals surface area contributed by atoms with E-state index < -0.39 is 0 Å². The molecule has 1 aromatic rings. The number of thioether (sulfide) groups is 1. The highest BCUT2D eigenvalue weighted by Gasteiger charge is 2.00. The molecule has 1 atom stereocenters. The van der Waals surface area contributed by atoms with Crippen molar-refractivity contribution in [3.63, 3.8) is 0 Å². The van der Waals surface area contributed by atoms with Crippen molar-refractivity contribution in [2.75, 3.05) is 18.1 Å². The van der Waals surface area contributed by atoms with Crippen LogP contribution in [0.5, 0.6) is 5.75 Å². The normalized spacial score (nSPS) is 12.4. The predicted octanol–water partition coefficient (Wildman–Crippen LogP) is 2.71. The molecule has 0 aliphatic carbocycles. The van der Waals surface area contributed by atoms with Gasteiger partial charge in [0.2, 0.25) is 0 Å². The summed E-state index contributed by atoms with van der Waals surface area (Å²) in [6, 6.07) is 8.41. The highest BCUT2D eigenvalue weighted by atomic mass is 32.2. The Hall–Kier alpha value is -0.670. The summed E-state index contributed by atoms with van der Waals surface area (Å²) in [5.74, 6) is 3.15. The average Bonchev–Trinajstić information content (AvgIpc) is 2.24. The van der Waals surface area contributed by atoms with Gasteiger partial charge in [0.15, 0.2) is 0 Å². The lowest BCUT2D eigenvalue weighted by atomic mass is 10.1. The summed E-state index contributed by atoms with van der Waals surface area (Å²) in [7, 11) is 0. The van der Waals surface area contributed by atoms with E-state index in [1.165, 1.54) is 5.56 Å². The third-order valence-corrected chi connectivity index (χ3v) is 3.02. The maximum absolute atomic E-state index is 5.77. The summed E-state index contributed by atoms with van der Waals surface area (Å²) in [6.07, 6.45) is 0.904. The van der Waals surface area contributed by atoms with Crippen LogP contribution in [-0.2, 0) is 6.42 Å². The van der Waals surface area contributed by atoms with Crippen molar-refractivity contribution in [3.05, 3.63) is 29.8 Å². The van der Waals surface area contributed by atoms with Gasteiger partial charge in [-0.15, -0.1) is 0 Å². The van der Waals surface area contributed by atoms with Crippen LogP contribution in [0.25, 0.3) is 0 Å². The summed E-state index contributed by atoms with van der Waals surface area (Å²) in [5.41, 5.74) is 7.02. The van der Waals surface area contributed by atoms with E-state index >= 15 is 0 Å². The Balaban J connectivity index is 2.41. The molecule has 0 bridgehead atoms. The minimum Gasteiger partial charge on any atom is -0.493 e. The van der Waals surface area contributed by atoms with Crippen LogP contribution in [0.3, 0.4) is 0 Å². The number of rotatable bonds is 7.